The molecule has 14 heavy (non-hydrogen) atoms. The summed E-state index contributed by atoms with van der Waals surface area (Å²) in [5.74, 6) is 0. The molecule has 1 heterocycles. The molecule has 1 aromatic rings. The van der Waals surface area contributed by atoms with Gasteiger partial charge in [-0.3, -0.25) is 0 Å². The monoisotopic (exact) mass is 208 g/mol. The molecule has 2 nitrogen and oxygen atoms in total. The molecule has 2 N–H and O–H groups in total. The predicted molar refractivity (Wildman–Crippen MR) is 61.2 cm³/mol. The molecule has 0 unspecified atom stereocenters. The summed E-state index contributed by atoms with van der Waals surface area (Å²) in [6, 6.07) is 0. The zero-order valence-electron chi connectivity index (χ0n) is 8.71. The Morgan fingerprint density at radius 1 is 1.64 bits per heavy atom. The Labute approximate surface area is 88.9 Å². The highest BCUT2D eigenvalue weighted by molar-refractivity contribution is 7.11. The molecule has 0 aromatic carbocycles. The first-order valence-corrected chi connectivity index (χ1v) is 5.86. The summed E-state index contributed by atoms with van der Waals surface area (Å²) in [4.78, 5) is 5.75. The maximum Gasteiger partial charge on any atom is 0.0801 e. The first kappa shape index (κ1) is 9.87. The minimum atomic E-state index is 0.263. The van der Waals surface area contributed by atoms with Crippen LogP contribution in [-0.2, 0) is 6.42 Å². The fraction of sp³-hybridized carbons (Fsp3) is 0.545. The van der Waals surface area contributed by atoms with E-state index < -0.39 is 0 Å². The molecule has 3 heteroatoms. The molecule has 0 saturated carbocycles. The smallest absolute Gasteiger partial charge is 0.0801 e. The number of nitrogens with zero attached hydrogens (tertiary/aromatic N) is 1. The van der Waals surface area contributed by atoms with Crippen molar-refractivity contribution in [3.05, 3.63) is 22.2 Å². The van der Waals surface area contributed by atoms with E-state index in [1.165, 1.54) is 22.6 Å². The standard InChI is InChI=1S/C11H16N2S/c1-11(2)5-3-9-10(14-7-13-9)8(11)4-6-12/h4,7H,3,5-6,12H2,1-2H3/b8-4+. The molecule has 0 atom stereocenters. The van der Waals surface area contributed by atoms with Crippen LogP contribution in [0.3, 0.4) is 0 Å². The number of fused-ring (bicyclic) bond motifs is 1. The Morgan fingerprint density at radius 3 is 3.14 bits per heavy atom. The molecule has 1 aliphatic rings. The van der Waals surface area contributed by atoms with Crippen molar-refractivity contribution >= 4 is 16.9 Å². The van der Waals surface area contributed by atoms with Crippen molar-refractivity contribution in [1.82, 2.24) is 4.98 Å². The molecule has 0 amide bonds. The molecule has 0 radical (unpaired) electrons. The Morgan fingerprint density at radius 2 is 2.43 bits per heavy atom. The third-order valence-electron chi connectivity index (χ3n) is 2.92. The second-order valence-corrected chi connectivity index (χ2v) is 5.22. The summed E-state index contributed by atoms with van der Waals surface area (Å²) < 4.78 is 0. The highest BCUT2D eigenvalue weighted by atomic mass is 32.1. The van der Waals surface area contributed by atoms with Crippen molar-refractivity contribution in [2.24, 2.45) is 11.1 Å². The lowest BCUT2D eigenvalue weighted by Gasteiger charge is -2.32. The fourth-order valence-electron chi connectivity index (χ4n) is 2.03. The highest BCUT2D eigenvalue weighted by Crippen LogP contribution is 2.45. The van der Waals surface area contributed by atoms with Gasteiger partial charge in [-0.1, -0.05) is 19.9 Å². The van der Waals surface area contributed by atoms with Crippen molar-refractivity contribution in [3.8, 4) is 0 Å². The lowest BCUT2D eigenvalue weighted by Crippen LogP contribution is -2.21. The summed E-state index contributed by atoms with van der Waals surface area (Å²) in [5.41, 5.74) is 10.5. The van der Waals surface area contributed by atoms with E-state index in [-0.39, 0.29) is 5.41 Å². The van der Waals surface area contributed by atoms with Gasteiger partial charge in [0.2, 0.25) is 0 Å². The first-order chi connectivity index (χ1) is 6.65. The second kappa shape index (κ2) is 3.48. The van der Waals surface area contributed by atoms with E-state index in [9.17, 15) is 0 Å². The molecule has 0 saturated heterocycles. The average Bonchev–Trinajstić information content (AvgIpc) is 2.58. The Kier molecular flexibility index (Phi) is 2.45. The van der Waals surface area contributed by atoms with Crippen LogP contribution in [0.25, 0.3) is 5.57 Å². The van der Waals surface area contributed by atoms with Gasteiger partial charge in [0.05, 0.1) is 16.1 Å². The average molecular weight is 208 g/mol. The van der Waals surface area contributed by atoms with Gasteiger partial charge in [0.15, 0.2) is 0 Å². The predicted octanol–water partition coefficient (Wildman–Crippen LogP) is 2.46. The molecular formula is C11H16N2S. The molecule has 0 bridgehead atoms. The number of nitrogens with two attached hydrogens (primary N) is 1. The molecule has 1 aromatic heterocycles. The van der Waals surface area contributed by atoms with E-state index in [0.29, 0.717) is 6.54 Å². The van der Waals surface area contributed by atoms with Crippen molar-refractivity contribution in [1.29, 1.82) is 0 Å². The largest absolute Gasteiger partial charge is 0.327 e. The van der Waals surface area contributed by atoms with Crippen LogP contribution in [0.2, 0.25) is 0 Å². The molecule has 0 aliphatic heterocycles. The van der Waals surface area contributed by atoms with E-state index in [2.05, 4.69) is 24.9 Å². The summed E-state index contributed by atoms with van der Waals surface area (Å²) in [6.45, 7) is 5.20. The minimum Gasteiger partial charge on any atom is -0.327 e. The van der Waals surface area contributed by atoms with Crippen molar-refractivity contribution in [2.75, 3.05) is 6.54 Å². The van der Waals surface area contributed by atoms with Crippen molar-refractivity contribution in [3.63, 3.8) is 0 Å². The van der Waals surface area contributed by atoms with Gasteiger partial charge in [-0.15, -0.1) is 11.3 Å². The lowest BCUT2D eigenvalue weighted by molar-refractivity contribution is 0.442. The van der Waals surface area contributed by atoms with E-state index in [0.717, 1.165) is 6.42 Å². The molecule has 0 spiro atoms. The van der Waals surface area contributed by atoms with Gasteiger partial charge in [-0.2, -0.15) is 0 Å². The zero-order valence-corrected chi connectivity index (χ0v) is 9.53. The Bertz CT molecular complexity index is 363. The van der Waals surface area contributed by atoms with Gasteiger partial charge in [0, 0.05) is 6.54 Å². The SMILES string of the molecule is CC1(C)CCc2ncsc2/C1=C\CN. The molecule has 2 rings (SSSR count). The maximum atomic E-state index is 5.61. The topological polar surface area (TPSA) is 38.9 Å². The lowest BCUT2D eigenvalue weighted by atomic mass is 9.74. The third kappa shape index (κ3) is 1.51. The number of hydrogen-bond acceptors (Lipinski definition) is 3. The summed E-state index contributed by atoms with van der Waals surface area (Å²) in [6.07, 6.45) is 4.43. The number of hydrogen-bond donors (Lipinski definition) is 1. The quantitative estimate of drug-likeness (QED) is 0.770. The van der Waals surface area contributed by atoms with Crippen molar-refractivity contribution < 1.29 is 0 Å². The fourth-order valence-corrected chi connectivity index (χ4v) is 3.09. The Hall–Kier alpha value is -0.670. The van der Waals surface area contributed by atoms with Crippen LogP contribution in [0.4, 0.5) is 0 Å². The van der Waals surface area contributed by atoms with Crippen LogP contribution in [0.15, 0.2) is 11.6 Å². The summed E-state index contributed by atoms with van der Waals surface area (Å²) in [5, 5.41) is 0. The van der Waals surface area contributed by atoms with Crippen LogP contribution in [0.1, 0.15) is 30.8 Å². The van der Waals surface area contributed by atoms with E-state index >= 15 is 0 Å². The summed E-state index contributed by atoms with van der Waals surface area (Å²) >= 11 is 1.74. The first-order valence-electron chi connectivity index (χ1n) is 4.98. The third-order valence-corrected chi connectivity index (χ3v) is 3.83. The van der Waals surface area contributed by atoms with Crippen LogP contribution >= 0.6 is 11.3 Å². The van der Waals surface area contributed by atoms with Crippen LogP contribution in [-0.4, -0.2) is 11.5 Å². The summed E-state index contributed by atoms with van der Waals surface area (Å²) in [7, 11) is 0. The van der Waals surface area contributed by atoms with E-state index in [1.807, 2.05) is 5.51 Å². The molecule has 1 aliphatic carbocycles. The minimum absolute atomic E-state index is 0.263. The number of rotatable bonds is 1. The van der Waals surface area contributed by atoms with E-state index in [4.69, 9.17) is 5.73 Å². The molecular weight excluding hydrogens is 192 g/mol. The van der Waals surface area contributed by atoms with Crippen LogP contribution < -0.4 is 5.73 Å². The van der Waals surface area contributed by atoms with Gasteiger partial charge in [-0.05, 0) is 23.8 Å². The zero-order chi connectivity index (χ0) is 10.2. The maximum absolute atomic E-state index is 5.61. The van der Waals surface area contributed by atoms with Crippen LogP contribution in [0, 0.1) is 5.41 Å². The number of aromatic nitrogens is 1. The number of thiazole rings is 1. The van der Waals surface area contributed by atoms with Gasteiger partial charge >= 0.3 is 0 Å². The highest BCUT2D eigenvalue weighted by Gasteiger charge is 2.31. The normalized spacial score (nSPS) is 22.4. The van der Waals surface area contributed by atoms with Gasteiger partial charge in [0.1, 0.15) is 0 Å². The molecule has 76 valence electrons. The second-order valence-electron chi connectivity index (χ2n) is 4.37. The number of aryl methyl sites for hydroxylation is 1. The van der Waals surface area contributed by atoms with Crippen molar-refractivity contribution in [2.45, 2.75) is 26.7 Å². The van der Waals surface area contributed by atoms with Crippen LogP contribution in [0.5, 0.6) is 0 Å². The van der Waals surface area contributed by atoms with Gasteiger partial charge in [0.25, 0.3) is 0 Å². The van der Waals surface area contributed by atoms with E-state index in [1.54, 1.807) is 11.3 Å². The number of allylic oxidation sites excluding steroid dienone is 1. The van der Waals surface area contributed by atoms with Gasteiger partial charge < -0.3 is 5.73 Å². The van der Waals surface area contributed by atoms with Gasteiger partial charge in [-0.25, -0.2) is 4.98 Å². The molecule has 0 fully saturated rings. The Balaban J connectivity index is 2.49.